The summed E-state index contributed by atoms with van der Waals surface area (Å²) in [5.74, 6) is 0.203. The van der Waals surface area contributed by atoms with Crippen molar-refractivity contribution in [3.05, 3.63) is 35.4 Å². The predicted molar refractivity (Wildman–Crippen MR) is 61.2 cm³/mol. The van der Waals surface area contributed by atoms with Gasteiger partial charge in [-0.2, -0.15) is 0 Å². The second kappa shape index (κ2) is 6.36. The molecule has 0 atom stereocenters. The number of rotatable bonds is 6. The molecule has 15 heavy (non-hydrogen) atoms. The van der Waals surface area contributed by atoms with Crippen LogP contribution in [-0.4, -0.2) is 19.0 Å². The van der Waals surface area contributed by atoms with E-state index in [0.29, 0.717) is 13.0 Å². The molecule has 82 valence electrons. The van der Waals surface area contributed by atoms with E-state index in [4.69, 9.17) is 4.74 Å². The van der Waals surface area contributed by atoms with Crippen LogP contribution < -0.4 is 0 Å². The second-order valence-corrected chi connectivity index (χ2v) is 3.59. The summed E-state index contributed by atoms with van der Waals surface area (Å²) in [4.78, 5) is 11.7. The zero-order valence-electron chi connectivity index (χ0n) is 9.45. The summed E-state index contributed by atoms with van der Waals surface area (Å²) in [6.45, 7) is 5.37. The van der Waals surface area contributed by atoms with Gasteiger partial charge in [0.25, 0.3) is 0 Å². The molecular formula is C13H18O2. The fraction of sp³-hybridized carbons (Fsp3) is 0.462. The lowest BCUT2D eigenvalue weighted by Crippen LogP contribution is -2.02. The molecule has 0 unspecified atom stereocenters. The van der Waals surface area contributed by atoms with Gasteiger partial charge in [0, 0.05) is 25.2 Å². The monoisotopic (exact) mass is 206 g/mol. The van der Waals surface area contributed by atoms with Crippen LogP contribution in [0.1, 0.15) is 35.7 Å². The maximum Gasteiger partial charge on any atom is 0.162 e. The van der Waals surface area contributed by atoms with Crippen LogP contribution in [0.25, 0.3) is 0 Å². The van der Waals surface area contributed by atoms with Gasteiger partial charge >= 0.3 is 0 Å². The van der Waals surface area contributed by atoms with Gasteiger partial charge in [0.2, 0.25) is 0 Å². The van der Waals surface area contributed by atoms with E-state index < -0.39 is 0 Å². The van der Waals surface area contributed by atoms with Gasteiger partial charge in [-0.15, -0.1) is 0 Å². The molecule has 0 aliphatic carbocycles. The number of ether oxygens (including phenoxy) is 1. The quantitative estimate of drug-likeness (QED) is 0.528. The Kier molecular flexibility index (Phi) is 5.05. The fourth-order valence-corrected chi connectivity index (χ4v) is 1.36. The summed E-state index contributed by atoms with van der Waals surface area (Å²) in [6, 6.07) is 7.71. The van der Waals surface area contributed by atoms with Crippen LogP contribution in [0, 0.1) is 6.92 Å². The SMILES string of the molecule is CCOCCCC(=O)c1ccc(C)cc1. The predicted octanol–water partition coefficient (Wildman–Crippen LogP) is 2.99. The number of ketones is 1. The van der Waals surface area contributed by atoms with Gasteiger partial charge in [-0.3, -0.25) is 4.79 Å². The molecule has 0 aliphatic rings. The van der Waals surface area contributed by atoms with E-state index in [1.807, 2.05) is 38.1 Å². The number of hydrogen-bond donors (Lipinski definition) is 0. The number of hydrogen-bond acceptors (Lipinski definition) is 2. The largest absolute Gasteiger partial charge is 0.382 e. The molecule has 2 heteroatoms. The molecule has 2 nitrogen and oxygen atoms in total. The molecule has 0 radical (unpaired) electrons. The molecule has 0 aromatic heterocycles. The van der Waals surface area contributed by atoms with Gasteiger partial charge in [0.15, 0.2) is 5.78 Å². The van der Waals surface area contributed by atoms with Crippen molar-refractivity contribution >= 4 is 5.78 Å². The number of aryl methyl sites for hydroxylation is 1. The van der Waals surface area contributed by atoms with Crippen LogP contribution in [0.15, 0.2) is 24.3 Å². The first-order valence-corrected chi connectivity index (χ1v) is 5.41. The Hall–Kier alpha value is -1.15. The molecule has 0 aliphatic heterocycles. The number of Topliss-reactive ketones (excluding diaryl/α,β-unsaturated/α-hetero) is 1. The maximum atomic E-state index is 11.7. The van der Waals surface area contributed by atoms with Crippen molar-refractivity contribution in [1.29, 1.82) is 0 Å². The van der Waals surface area contributed by atoms with Crippen molar-refractivity contribution in [1.82, 2.24) is 0 Å². The molecule has 0 fully saturated rings. The van der Waals surface area contributed by atoms with Gasteiger partial charge in [-0.1, -0.05) is 29.8 Å². The second-order valence-electron chi connectivity index (χ2n) is 3.59. The molecule has 1 aromatic rings. The first kappa shape index (κ1) is 11.9. The van der Waals surface area contributed by atoms with E-state index in [1.54, 1.807) is 0 Å². The van der Waals surface area contributed by atoms with Crippen molar-refractivity contribution in [2.45, 2.75) is 26.7 Å². The number of benzene rings is 1. The zero-order chi connectivity index (χ0) is 11.1. The van der Waals surface area contributed by atoms with Gasteiger partial charge in [-0.25, -0.2) is 0 Å². The third-order valence-corrected chi connectivity index (χ3v) is 2.27. The highest BCUT2D eigenvalue weighted by molar-refractivity contribution is 5.96. The Bertz CT molecular complexity index is 301. The standard InChI is InChI=1S/C13H18O2/c1-3-15-10-4-5-13(14)12-8-6-11(2)7-9-12/h6-9H,3-5,10H2,1-2H3. The van der Waals surface area contributed by atoms with Crippen molar-refractivity contribution in [3.63, 3.8) is 0 Å². The van der Waals surface area contributed by atoms with E-state index in [2.05, 4.69) is 0 Å². The lowest BCUT2D eigenvalue weighted by molar-refractivity contribution is 0.0947. The summed E-state index contributed by atoms with van der Waals surface area (Å²) >= 11 is 0. The Balaban J connectivity index is 2.37. The molecule has 0 amide bonds. The van der Waals surface area contributed by atoms with Crippen LogP contribution in [0.5, 0.6) is 0 Å². The van der Waals surface area contributed by atoms with E-state index in [1.165, 1.54) is 5.56 Å². The summed E-state index contributed by atoms with van der Waals surface area (Å²) in [5.41, 5.74) is 1.98. The Morgan fingerprint density at radius 1 is 1.27 bits per heavy atom. The summed E-state index contributed by atoms with van der Waals surface area (Å²) in [6.07, 6.45) is 1.38. The Morgan fingerprint density at radius 2 is 1.93 bits per heavy atom. The fourth-order valence-electron chi connectivity index (χ4n) is 1.36. The average molecular weight is 206 g/mol. The lowest BCUT2D eigenvalue weighted by Gasteiger charge is -2.02. The van der Waals surface area contributed by atoms with Crippen LogP contribution in [0.4, 0.5) is 0 Å². The topological polar surface area (TPSA) is 26.3 Å². The van der Waals surface area contributed by atoms with E-state index in [0.717, 1.165) is 18.6 Å². The molecule has 0 saturated heterocycles. The van der Waals surface area contributed by atoms with E-state index in [9.17, 15) is 4.79 Å². The average Bonchev–Trinajstić information content (AvgIpc) is 2.25. The van der Waals surface area contributed by atoms with Gasteiger partial charge in [0.05, 0.1) is 0 Å². The molecule has 0 bridgehead atoms. The highest BCUT2D eigenvalue weighted by atomic mass is 16.5. The van der Waals surface area contributed by atoms with Crippen LogP contribution in [-0.2, 0) is 4.74 Å². The number of carbonyl (C=O) groups is 1. The van der Waals surface area contributed by atoms with E-state index in [-0.39, 0.29) is 5.78 Å². The van der Waals surface area contributed by atoms with Crippen LogP contribution in [0.2, 0.25) is 0 Å². The minimum absolute atomic E-state index is 0.203. The van der Waals surface area contributed by atoms with Crippen LogP contribution >= 0.6 is 0 Å². The third kappa shape index (κ3) is 4.26. The molecule has 0 N–H and O–H groups in total. The van der Waals surface area contributed by atoms with Gasteiger partial charge in [0.1, 0.15) is 0 Å². The summed E-state index contributed by atoms with van der Waals surface area (Å²) in [7, 11) is 0. The first-order valence-electron chi connectivity index (χ1n) is 5.41. The van der Waals surface area contributed by atoms with Crippen molar-refractivity contribution in [3.8, 4) is 0 Å². The van der Waals surface area contributed by atoms with Crippen molar-refractivity contribution in [2.24, 2.45) is 0 Å². The number of carbonyl (C=O) groups excluding carboxylic acids is 1. The zero-order valence-corrected chi connectivity index (χ0v) is 9.45. The Morgan fingerprint density at radius 3 is 2.53 bits per heavy atom. The van der Waals surface area contributed by atoms with E-state index >= 15 is 0 Å². The van der Waals surface area contributed by atoms with Crippen molar-refractivity contribution < 1.29 is 9.53 Å². The first-order chi connectivity index (χ1) is 7.24. The molecule has 0 spiro atoms. The molecule has 0 saturated carbocycles. The van der Waals surface area contributed by atoms with Gasteiger partial charge in [-0.05, 0) is 20.3 Å². The lowest BCUT2D eigenvalue weighted by atomic mass is 10.1. The molecule has 0 heterocycles. The third-order valence-electron chi connectivity index (χ3n) is 2.27. The highest BCUT2D eigenvalue weighted by Crippen LogP contribution is 2.07. The smallest absolute Gasteiger partial charge is 0.162 e. The highest BCUT2D eigenvalue weighted by Gasteiger charge is 2.04. The van der Waals surface area contributed by atoms with Crippen molar-refractivity contribution in [2.75, 3.05) is 13.2 Å². The van der Waals surface area contributed by atoms with Gasteiger partial charge < -0.3 is 4.74 Å². The van der Waals surface area contributed by atoms with Crippen LogP contribution in [0.3, 0.4) is 0 Å². The summed E-state index contributed by atoms with van der Waals surface area (Å²) in [5, 5.41) is 0. The minimum Gasteiger partial charge on any atom is -0.382 e. The molecular weight excluding hydrogens is 188 g/mol. The Labute approximate surface area is 91.3 Å². The molecule has 1 rings (SSSR count). The molecule has 1 aromatic carbocycles. The maximum absolute atomic E-state index is 11.7. The minimum atomic E-state index is 0.203. The summed E-state index contributed by atoms with van der Waals surface area (Å²) < 4.78 is 5.19. The normalized spacial score (nSPS) is 10.3.